The smallest absolute Gasteiger partial charge is 0.493 e. The number of thioether (sulfide) groups is 1. The van der Waals surface area contributed by atoms with Gasteiger partial charge in [0.15, 0.2) is 0 Å². The van der Waals surface area contributed by atoms with E-state index >= 15 is 0 Å². The largest absolute Gasteiger partial charge is 0.573 e. The lowest BCUT2D eigenvalue weighted by Crippen LogP contribution is -2.25. The maximum absolute atomic E-state index is 12.1. The van der Waals surface area contributed by atoms with Crippen LogP contribution in [-0.4, -0.2) is 29.4 Å². The zero-order chi connectivity index (χ0) is 20.1. The second kappa shape index (κ2) is 8.55. The average molecular weight is 411 g/mol. The number of alkyl halides is 3. The normalized spacial score (nSPS) is 16.8. The van der Waals surface area contributed by atoms with E-state index in [-0.39, 0.29) is 16.9 Å². The third-order valence-electron chi connectivity index (χ3n) is 3.93. The number of hydrogen-bond donors (Lipinski definition) is 1. The highest BCUT2D eigenvalue weighted by molar-refractivity contribution is 8.15. The molecular weight excluding hydrogens is 395 g/mol. The second-order valence-electron chi connectivity index (χ2n) is 6.02. The first-order valence-corrected chi connectivity index (χ1v) is 9.24. The number of hydrogen-bond acceptors (Lipinski definition) is 5. The maximum Gasteiger partial charge on any atom is 0.573 e. The van der Waals surface area contributed by atoms with Crippen molar-refractivity contribution in [2.45, 2.75) is 24.5 Å². The molecular formula is C19H16F3NO4S. The lowest BCUT2D eigenvalue weighted by Gasteiger charge is -2.10. The molecule has 1 atom stereocenters. The summed E-state index contributed by atoms with van der Waals surface area (Å²) in [6.45, 7) is 0.355. The van der Waals surface area contributed by atoms with Crippen LogP contribution in [0.3, 0.4) is 0 Å². The number of imide groups is 1. The molecule has 0 aliphatic carbocycles. The SMILES string of the molecule is O=C1NC(=O)C(Cc2ccc(OCCc3ccc(OC(F)(F)F)cc3)cc2)S1. The zero-order valence-corrected chi connectivity index (χ0v) is 15.3. The fourth-order valence-electron chi connectivity index (χ4n) is 2.61. The van der Waals surface area contributed by atoms with Crippen molar-refractivity contribution in [2.75, 3.05) is 6.61 Å². The van der Waals surface area contributed by atoms with Crippen LogP contribution in [0.1, 0.15) is 11.1 Å². The van der Waals surface area contributed by atoms with E-state index in [1.54, 1.807) is 24.3 Å². The second-order valence-corrected chi connectivity index (χ2v) is 7.20. The Kier molecular flexibility index (Phi) is 6.13. The first-order chi connectivity index (χ1) is 13.3. The van der Waals surface area contributed by atoms with Crippen LogP contribution in [0, 0.1) is 0 Å². The highest BCUT2D eigenvalue weighted by Crippen LogP contribution is 2.24. The van der Waals surface area contributed by atoms with Gasteiger partial charge >= 0.3 is 6.36 Å². The van der Waals surface area contributed by atoms with E-state index in [1.807, 2.05) is 12.1 Å². The molecule has 1 unspecified atom stereocenters. The van der Waals surface area contributed by atoms with E-state index in [1.165, 1.54) is 12.1 Å². The summed E-state index contributed by atoms with van der Waals surface area (Å²) < 4.78 is 45.9. The van der Waals surface area contributed by atoms with Crippen molar-refractivity contribution in [3.05, 3.63) is 59.7 Å². The predicted octanol–water partition coefficient (Wildman–Crippen LogP) is 4.10. The molecule has 2 aromatic carbocycles. The van der Waals surface area contributed by atoms with E-state index in [9.17, 15) is 22.8 Å². The van der Waals surface area contributed by atoms with Crippen molar-refractivity contribution >= 4 is 22.9 Å². The van der Waals surface area contributed by atoms with Gasteiger partial charge in [0.25, 0.3) is 5.24 Å². The van der Waals surface area contributed by atoms with Crippen LogP contribution in [0.2, 0.25) is 0 Å². The number of benzene rings is 2. The molecule has 0 bridgehead atoms. The molecule has 2 aromatic rings. The Morgan fingerprint density at radius 1 is 0.929 bits per heavy atom. The molecule has 2 amide bonds. The molecule has 9 heteroatoms. The van der Waals surface area contributed by atoms with Gasteiger partial charge in [-0.25, -0.2) is 0 Å². The molecule has 0 aromatic heterocycles. The van der Waals surface area contributed by atoms with Crippen molar-refractivity contribution in [2.24, 2.45) is 0 Å². The molecule has 3 rings (SSSR count). The molecule has 5 nitrogen and oxygen atoms in total. The third kappa shape index (κ3) is 5.91. The lowest BCUT2D eigenvalue weighted by molar-refractivity contribution is -0.274. The summed E-state index contributed by atoms with van der Waals surface area (Å²) in [7, 11) is 0. The molecule has 1 saturated heterocycles. The Bertz CT molecular complexity index is 838. The Balaban J connectivity index is 1.45. The third-order valence-corrected chi connectivity index (χ3v) is 4.91. The number of rotatable bonds is 7. The minimum Gasteiger partial charge on any atom is -0.493 e. The van der Waals surface area contributed by atoms with Gasteiger partial charge in [0.2, 0.25) is 5.91 Å². The minimum atomic E-state index is -4.70. The maximum atomic E-state index is 12.1. The highest BCUT2D eigenvalue weighted by Gasteiger charge is 2.31. The number of halogens is 3. The topological polar surface area (TPSA) is 64.6 Å². The van der Waals surface area contributed by atoms with E-state index in [2.05, 4.69) is 10.1 Å². The van der Waals surface area contributed by atoms with Gasteiger partial charge in [-0.05, 0) is 41.8 Å². The Morgan fingerprint density at radius 3 is 2.11 bits per heavy atom. The summed E-state index contributed by atoms with van der Waals surface area (Å²) in [5, 5.41) is 1.51. The molecule has 28 heavy (non-hydrogen) atoms. The van der Waals surface area contributed by atoms with Crippen LogP contribution in [-0.2, 0) is 17.6 Å². The van der Waals surface area contributed by atoms with E-state index in [0.29, 0.717) is 25.2 Å². The van der Waals surface area contributed by atoms with Crippen molar-refractivity contribution in [3.63, 3.8) is 0 Å². The van der Waals surface area contributed by atoms with Crippen molar-refractivity contribution in [1.29, 1.82) is 0 Å². The molecule has 0 saturated carbocycles. The number of ether oxygens (including phenoxy) is 2. The fraction of sp³-hybridized carbons (Fsp3) is 0.263. The van der Waals surface area contributed by atoms with E-state index in [4.69, 9.17) is 4.74 Å². The molecule has 1 heterocycles. The van der Waals surface area contributed by atoms with Gasteiger partial charge in [-0.2, -0.15) is 0 Å². The molecule has 0 radical (unpaired) electrons. The predicted molar refractivity (Wildman–Crippen MR) is 97.4 cm³/mol. The van der Waals surface area contributed by atoms with Crippen LogP contribution < -0.4 is 14.8 Å². The van der Waals surface area contributed by atoms with E-state index in [0.717, 1.165) is 22.9 Å². The molecule has 1 fully saturated rings. The zero-order valence-electron chi connectivity index (χ0n) is 14.5. The Hall–Kier alpha value is -2.68. The standard InChI is InChI=1S/C19H16F3NO4S/c20-19(21,22)27-15-7-1-12(2-8-15)9-10-26-14-5-3-13(4-6-14)11-16-17(24)23-18(25)28-16/h1-8,16H,9-11H2,(H,23,24,25). The van der Waals surface area contributed by atoms with Gasteiger partial charge in [0.1, 0.15) is 11.5 Å². The number of carbonyl (C=O) groups is 2. The summed E-state index contributed by atoms with van der Waals surface area (Å²) in [6, 6.07) is 12.8. The first-order valence-electron chi connectivity index (χ1n) is 8.36. The van der Waals surface area contributed by atoms with Crippen molar-refractivity contribution in [1.82, 2.24) is 5.32 Å². The molecule has 0 spiro atoms. The van der Waals surface area contributed by atoms with Crippen LogP contribution in [0.5, 0.6) is 11.5 Å². The molecule has 1 N–H and O–H groups in total. The number of carbonyl (C=O) groups excluding carboxylic acids is 2. The summed E-state index contributed by atoms with van der Waals surface area (Å²) in [5.41, 5.74) is 1.73. The van der Waals surface area contributed by atoms with Crippen LogP contribution >= 0.6 is 11.8 Å². The summed E-state index contributed by atoms with van der Waals surface area (Å²) in [6.07, 6.45) is -3.73. The summed E-state index contributed by atoms with van der Waals surface area (Å²) in [4.78, 5) is 22.8. The van der Waals surface area contributed by atoms with Gasteiger partial charge in [0, 0.05) is 6.42 Å². The van der Waals surface area contributed by atoms with Gasteiger partial charge in [0.05, 0.1) is 11.9 Å². The molecule has 1 aliphatic rings. The minimum absolute atomic E-state index is 0.261. The van der Waals surface area contributed by atoms with Gasteiger partial charge in [-0.1, -0.05) is 36.0 Å². The number of nitrogens with one attached hydrogen (secondary N) is 1. The Labute approximate surface area is 163 Å². The lowest BCUT2D eigenvalue weighted by atomic mass is 10.1. The van der Waals surface area contributed by atoms with Gasteiger partial charge < -0.3 is 9.47 Å². The van der Waals surface area contributed by atoms with Crippen LogP contribution in [0.4, 0.5) is 18.0 Å². The summed E-state index contributed by atoms with van der Waals surface area (Å²) in [5.74, 6) is 0.103. The molecule has 148 valence electrons. The monoisotopic (exact) mass is 411 g/mol. The first kappa shape index (κ1) is 20.1. The van der Waals surface area contributed by atoms with Crippen molar-refractivity contribution < 1.29 is 32.2 Å². The average Bonchev–Trinajstić information content (AvgIpc) is 2.94. The fourth-order valence-corrected chi connectivity index (χ4v) is 3.47. The summed E-state index contributed by atoms with van der Waals surface area (Å²) >= 11 is 0.986. The quantitative estimate of drug-likeness (QED) is 0.743. The molecule has 1 aliphatic heterocycles. The van der Waals surface area contributed by atoms with Gasteiger partial charge in [-0.3, -0.25) is 14.9 Å². The van der Waals surface area contributed by atoms with Crippen molar-refractivity contribution in [3.8, 4) is 11.5 Å². The highest BCUT2D eigenvalue weighted by atomic mass is 32.2. The van der Waals surface area contributed by atoms with Gasteiger partial charge in [-0.15, -0.1) is 13.2 Å². The van der Waals surface area contributed by atoms with E-state index < -0.39 is 11.6 Å². The number of amides is 2. The van der Waals surface area contributed by atoms with Crippen LogP contribution in [0.25, 0.3) is 0 Å². The Morgan fingerprint density at radius 2 is 1.54 bits per heavy atom. The van der Waals surface area contributed by atoms with Crippen LogP contribution in [0.15, 0.2) is 48.5 Å².